The molecule has 1 aromatic heterocycles. The van der Waals surface area contributed by atoms with Crippen molar-refractivity contribution >= 4 is 40.2 Å². The molecule has 0 spiro atoms. The first-order valence-corrected chi connectivity index (χ1v) is 6.90. The highest BCUT2D eigenvalue weighted by Gasteiger charge is 2.16. The minimum atomic E-state index is -1.02. The Morgan fingerprint density at radius 3 is 2.71 bits per heavy atom. The summed E-state index contributed by atoms with van der Waals surface area (Å²) < 4.78 is 1.65. The summed E-state index contributed by atoms with van der Waals surface area (Å²) in [5, 5.41) is 10.4. The van der Waals surface area contributed by atoms with Crippen LogP contribution in [0.25, 0.3) is 16.7 Å². The monoisotopic (exact) mass is 320 g/mol. The Labute approximate surface area is 130 Å². The van der Waals surface area contributed by atoms with Crippen LogP contribution < -0.4 is 0 Å². The summed E-state index contributed by atoms with van der Waals surface area (Å²) in [6.07, 6.45) is 1.55. The third kappa shape index (κ3) is 2.26. The van der Waals surface area contributed by atoms with Crippen molar-refractivity contribution in [2.75, 3.05) is 0 Å². The average Bonchev–Trinajstić information content (AvgIpc) is 2.86. The number of carboxylic acids is 1. The standard InChI is InChI=1S/C15H10Cl2N2O2/c1-8-5-11(17)13(6-10(8)16)19-7-18-12-4-2-3-9(14(12)19)15(20)21/h2-7H,1H3,(H,20,21). The molecule has 0 aliphatic heterocycles. The van der Waals surface area contributed by atoms with E-state index in [0.717, 1.165) is 5.56 Å². The van der Waals surface area contributed by atoms with E-state index in [2.05, 4.69) is 4.98 Å². The molecule has 21 heavy (non-hydrogen) atoms. The van der Waals surface area contributed by atoms with Crippen molar-refractivity contribution in [3.05, 3.63) is 57.8 Å². The van der Waals surface area contributed by atoms with Gasteiger partial charge >= 0.3 is 5.97 Å². The highest BCUT2D eigenvalue weighted by atomic mass is 35.5. The quantitative estimate of drug-likeness (QED) is 0.764. The van der Waals surface area contributed by atoms with Crippen LogP contribution in [0.2, 0.25) is 10.0 Å². The molecule has 0 atom stereocenters. The summed E-state index contributed by atoms with van der Waals surface area (Å²) in [5.74, 6) is -1.02. The molecule has 0 saturated heterocycles. The van der Waals surface area contributed by atoms with Crippen LogP contribution in [0.1, 0.15) is 15.9 Å². The molecule has 0 aliphatic carbocycles. The van der Waals surface area contributed by atoms with Gasteiger partial charge < -0.3 is 5.11 Å². The SMILES string of the molecule is Cc1cc(Cl)c(-n2cnc3cccc(C(=O)O)c32)cc1Cl. The maximum absolute atomic E-state index is 11.4. The molecule has 2 aromatic carbocycles. The summed E-state index contributed by atoms with van der Waals surface area (Å²) in [7, 11) is 0. The molecular weight excluding hydrogens is 311 g/mol. The van der Waals surface area contributed by atoms with Gasteiger partial charge in [-0.2, -0.15) is 0 Å². The van der Waals surface area contributed by atoms with E-state index in [-0.39, 0.29) is 5.56 Å². The number of aromatic carboxylic acids is 1. The van der Waals surface area contributed by atoms with E-state index in [1.54, 1.807) is 35.2 Å². The first kappa shape index (κ1) is 13.9. The average molecular weight is 321 g/mol. The summed E-state index contributed by atoms with van der Waals surface area (Å²) >= 11 is 12.4. The highest BCUT2D eigenvalue weighted by Crippen LogP contribution is 2.31. The van der Waals surface area contributed by atoms with Crippen LogP contribution in [0.3, 0.4) is 0 Å². The lowest BCUT2D eigenvalue weighted by atomic mass is 10.1. The van der Waals surface area contributed by atoms with Gasteiger partial charge in [0.2, 0.25) is 0 Å². The predicted molar refractivity (Wildman–Crippen MR) is 82.8 cm³/mol. The Morgan fingerprint density at radius 2 is 2.00 bits per heavy atom. The van der Waals surface area contributed by atoms with Crippen molar-refractivity contribution in [3.63, 3.8) is 0 Å². The number of nitrogens with zero attached hydrogens (tertiary/aromatic N) is 2. The molecule has 0 saturated carbocycles. The molecule has 0 fully saturated rings. The van der Waals surface area contributed by atoms with Crippen LogP contribution in [0.15, 0.2) is 36.7 Å². The molecule has 106 valence electrons. The summed E-state index contributed by atoms with van der Waals surface area (Å²) in [6, 6.07) is 8.40. The molecule has 4 nitrogen and oxygen atoms in total. The molecular formula is C15H10Cl2N2O2. The van der Waals surface area contributed by atoms with Gasteiger partial charge in [-0.15, -0.1) is 0 Å². The number of aryl methyl sites for hydroxylation is 1. The number of hydrogen-bond acceptors (Lipinski definition) is 2. The first-order valence-electron chi connectivity index (χ1n) is 6.14. The normalized spacial score (nSPS) is 11.0. The van der Waals surface area contributed by atoms with E-state index in [4.69, 9.17) is 23.2 Å². The second-order valence-electron chi connectivity index (χ2n) is 4.65. The lowest BCUT2D eigenvalue weighted by Gasteiger charge is -2.10. The fourth-order valence-corrected chi connectivity index (χ4v) is 2.71. The van der Waals surface area contributed by atoms with Crippen LogP contribution in [0.5, 0.6) is 0 Å². The number of benzene rings is 2. The lowest BCUT2D eigenvalue weighted by Crippen LogP contribution is -2.02. The summed E-state index contributed by atoms with van der Waals surface area (Å²) in [6.45, 7) is 1.85. The fourth-order valence-electron chi connectivity index (χ4n) is 2.24. The number of halogens is 2. The molecule has 3 aromatic rings. The zero-order valence-corrected chi connectivity index (χ0v) is 12.5. The number of imidazole rings is 1. The molecule has 0 radical (unpaired) electrons. The minimum Gasteiger partial charge on any atom is -0.478 e. The van der Waals surface area contributed by atoms with Crippen molar-refractivity contribution in [3.8, 4) is 5.69 Å². The molecule has 0 unspecified atom stereocenters. The highest BCUT2D eigenvalue weighted by molar-refractivity contribution is 6.35. The maximum Gasteiger partial charge on any atom is 0.337 e. The van der Waals surface area contributed by atoms with Gasteiger partial charge in [0.05, 0.1) is 27.3 Å². The Hall–Kier alpha value is -2.04. The number of fused-ring (bicyclic) bond motifs is 1. The Kier molecular flexibility index (Phi) is 3.35. The molecule has 6 heteroatoms. The van der Waals surface area contributed by atoms with Gasteiger partial charge in [0.1, 0.15) is 6.33 Å². The minimum absolute atomic E-state index is 0.165. The van der Waals surface area contributed by atoms with Gasteiger partial charge in [0, 0.05) is 5.02 Å². The van der Waals surface area contributed by atoms with Crippen LogP contribution in [-0.4, -0.2) is 20.6 Å². The van der Waals surface area contributed by atoms with Crippen molar-refractivity contribution in [1.82, 2.24) is 9.55 Å². The van der Waals surface area contributed by atoms with Crippen molar-refractivity contribution in [1.29, 1.82) is 0 Å². The van der Waals surface area contributed by atoms with Crippen LogP contribution in [0.4, 0.5) is 0 Å². The van der Waals surface area contributed by atoms with Crippen molar-refractivity contribution < 1.29 is 9.90 Å². The van der Waals surface area contributed by atoms with Crippen molar-refractivity contribution in [2.45, 2.75) is 6.92 Å². The Bertz CT molecular complexity index is 871. The Morgan fingerprint density at radius 1 is 1.24 bits per heavy atom. The zero-order chi connectivity index (χ0) is 15.1. The number of rotatable bonds is 2. The zero-order valence-electron chi connectivity index (χ0n) is 11.0. The fraction of sp³-hybridized carbons (Fsp3) is 0.0667. The van der Waals surface area contributed by atoms with Gasteiger partial charge in [-0.05, 0) is 36.8 Å². The van der Waals surface area contributed by atoms with Gasteiger partial charge in [-0.25, -0.2) is 9.78 Å². The smallest absolute Gasteiger partial charge is 0.337 e. The van der Waals surface area contributed by atoms with Gasteiger partial charge in [-0.1, -0.05) is 29.3 Å². The van der Waals surface area contributed by atoms with E-state index in [9.17, 15) is 9.90 Å². The van der Waals surface area contributed by atoms with Crippen LogP contribution in [-0.2, 0) is 0 Å². The van der Waals surface area contributed by atoms with Crippen molar-refractivity contribution in [2.24, 2.45) is 0 Å². The molecule has 1 N–H and O–H groups in total. The third-order valence-corrected chi connectivity index (χ3v) is 4.00. The number of hydrogen-bond donors (Lipinski definition) is 1. The van der Waals surface area contributed by atoms with Gasteiger partial charge in [0.25, 0.3) is 0 Å². The van der Waals surface area contributed by atoms with E-state index >= 15 is 0 Å². The topological polar surface area (TPSA) is 55.1 Å². The van der Waals surface area contributed by atoms with E-state index in [1.807, 2.05) is 6.92 Å². The molecule has 0 aliphatic rings. The van der Waals surface area contributed by atoms with E-state index in [0.29, 0.717) is 26.8 Å². The first-order chi connectivity index (χ1) is 9.99. The lowest BCUT2D eigenvalue weighted by molar-refractivity contribution is 0.0698. The molecule has 1 heterocycles. The Balaban J connectivity index is 2.36. The number of aromatic nitrogens is 2. The molecule has 3 rings (SSSR count). The second kappa shape index (κ2) is 5.06. The number of carboxylic acid groups (broad SMARTS) is 1. The number of carbonyl (C=O) groups is 1. The predicted octanol–water partition coefficient (Wildman–Crippen LogP) is 4.34. The second-order valence-corrected chi connectivity index (χ2v) is 5.46. The van der Waals surface area contributed by atoms with Gasteiger partial charge in [-0.3, -0.25) is 4.57 Å². The van der Waals surface area contributed by atoms with E-state index in [1.165, 1.54) is 6.07 Å². The third-order valence-electron chi connectivity index (χ3n) is 3.29. The van der Waals surface area contributed by atoms with Gasteiger partial charge in [0.15, 0.2) is 0 Å². The molecule has 0 amide bonds. The molecule has 0 bridgehead atoms. The van der Waals surface area contributed by atoms with Crippen LogP contribution >= 0.6 is 23.2 Å². The maximum atomic E-state index is 11.4. The van der Waals surface area contributed by atoms with E-state index < -0.39 is 5.97 Å². The number of para-hydroxylation sites is 1. The largest absolute Gasteiger partial charge is 0.478 e. The summed E-state index contributed by atoms with van der Waals surface area (Å²) in [5.41, 5.74) is 2.70. The summed E-state index contributed by atoms with van der Waals surface area (Å²) in [4.78, 5) is 15.6. The van der Waals surface area contributed by atoms with Crippen LogP contribution in [0, 0.1) is 6.92 Å².